The van der Waals surface area contributed by atoms with Crippen molar-refractivity contribution in [2.24, 2.45) is 0 Å². The van der Waals surface area contributed by atoms with Crippen molar-refractivity contribution in [1.29, 1.82) is 0 Å². The van der Waals surface area contributed by atoms with E-state index in [1.54, 1.807) is 6.08 Å². The van der Waals surface area contributed by atoms with E-state index in [4.69, 9.17) is 4.74 Å². The largest absolute Gasteiger partial charge is 0.460 e. The molecule has 0 saturated carbocycles. The zero-order valence-corrected chi connectivity index (χ0v) is 9.30. The summed E-state index contributed by atoms with van der Waals surface area (Å²) in [6, 6.07) is 9.49. The lowest BCUT2D eigenvalue weighted by atomic mass is 10.2. The molecule has 1 N–H and O–H groups in total. The monoisotopic (exact) mass is 220 g/mol. The number of rotatable bonds is 5. The lowest BCUT2D eigenvalue weighted by molar-refractivity contribution is -0.140. The Morgan fingerprint density at radius 1 is 1.44 bits per heavy atom. The summed E-state index contributed by atoms with van der Waals surface area (Å²) in [5.41, 5.74) is 0.940. The van der Waals surface area contributed by atoms with Crippen LogP contribution < -0.4 is 0 Å². The highest BCUT2D eigenvalue weighted by atomic mass is 16.5. The summed E-state index contributed by atoms with van der Waals surface area (Å²) in [6.45, 7) is 1.88. The highest BCUT2D eigenvalue weighted by Crippen LogP contribution is 2.01. The Morgan fingerprint density at radius 3 is 2.75 bits per heavy atom. The van der Waals surface area contributed by atoms with Crippen molar-refractivity contribution < 1.29 is 14.6 Å². The van der Waals surface area contributed by atoms with E-state index in [1.807, 2.05) is 37.3 Å². The van der Waals surface area contributed by atoms with Gasteiger partial charge in [-0.15, -0.1) is 0 Å². The molecule has 0 spiro atoms. The first-order valence-electron chi connectivity index (χ1n) is 5.30. The molecule has 0 fully saturated rings. The van der Waals surface area contributed by atoms with Gasteiger partial charge in [0.15, 0.2) is 0 Å². The average Bonchev–Trinajstić information content (AvgIpc) is 2.34. The van der Waals surface area contributed by atoms with E-state index in [-0.39, 0.29) is 6.61 Å². The highest BCUT2D eigenvalue weighted by molar-refractivity contribution is 5.87. The number of carbonyl (C=O) groups is 1. The number of aliphatic hydroxyl groups excluding tert-OH is 1. The molecule has 0 aliphatic heterocycles. The quantitative estimate of drug-likeness (QED) is 0.610. The molecule has 0 radical (unpaired) electrons. The maximum absolute atomic E-state index is 11.2. The number of carbonyl (C=O) groups excluding carboxylic acids is 1. The summed E-state index contributed by atoms with van der Waals surface area (Å²) in [7, 11) is 0. The molecule has 86 valence electrons. The Morgan fingerprint density at radius 2 is 2.12 bits per heavy atom. The minimum Gasteiger partial charge on any atom is -0.460 e. The molecular weight excluding hydrogens is 204 g/mol. The van der Waals surface area contributed by atoms with Crippen molar-refractivity contribution in [3.63, 3.8) is 0 Å². The van der Waals surface area contributed by atoms with Gasteiger partial charge in [-0.3, -0.25) is 0 Å². The molecule has 3 nitrogen and oxygen atoms in total. The van der Waals surface area contributed by atoms with Gasteiger partial charge in [-0.25, -0.2) is 4.79 Å². The molecule has 1 aromatic carbocycles. The molecule has 1 aromatic rings. The SMILES string of the molecule is CC[C@@H](O)COC(=O)/C=C/c1ccccc1. The van der Waals surface area contributed by atoms with Crippen LogP contribution in [0.25, 0.3) is 6.08 Å². The fourth-order valence-electron chi connectivity index (χ4n) is 1.07. The van der Waals surface area contributed by atoms with Gasteiger partial charge in [0.2, 0.25) is 0 Å². The topological polar surface area (TPSA) is 46.5 Å². The van der Waals surface area contributed by atoms with E-state index in [0.29, 0.717) is 6.42 Å². The molecule has 0 aliphatic carbocycles. The van der Waals surface area contributed by atoms with Crippen LogP contribution >= 0.6 is 0 Å². The van der Waals surface area contributed by atoms with Crippen molar-refractivity contribution in [1.82, 2.24) is 0 Å². The molecule has 16 heavy (non-hydrogen) atoms. The Bertz CT molecular complexity index is 343. The van der Waals surface area contributed by atoms with Crippen LogP contribution in [0, 0.1) is 0 Å². The highest BCUT2D eigenvalue weighted by Gasteiger charge is 2.03. The lowest BCUT2D eigenvalue weighted by Crippen LogP contribution is -2.16. The van der Waals surface area contributed by atoms with E-state index in [0.717, 1.165) is 5.56 Å². The Hall–Kier alpha value is -1.61. The fourth-order valence-corrected chi connectivity index (χ4v) is 1.07. The third-order valence-electron chi connectivity index (χ3n) is 2.10. The molecule has 0 aliphatic rings. The number of benzene rings is 1. The van der Waals surface area contributed by atoms with E-state index in [2.05, 4.69) is 0 Å². The van der Waals surface area contributed by atoms with E-state index in [9.17, 15) is 9.90 Å². The molecule has 0 amide bonds. The van der Waals surface area contributed by atoms with Crippen LogP contribution in [0.4, 0.5) is 0 Å². The first-order valence-corrected chi connectivity index (χ1v) is 5.30. The number of hydrogen-bond acceptors (Lipinski definition) is 3. The Balaban J connectivity index is 2.37. The maximum atomic E-state index is 11.2. The lowest BCUT2D eigenvalue weighted by Gasteiger charge is -2.06. The third kappa shape index (κ3) is 4.75. The van der Waals surface area contributed by atoms with Crippen molar-refractivity contribution in [3.8, 4) is 0 Å². The Kier molecular flexibility index (Phi) is 5.29. The normalized spacial score (nSPS) is 12.6. The second-order valence-corrected chi connectivity index (χ2v) is 3.44. The smallest absolute Gasteiger partial charge is 0.330 e. The summed E-state index contributed by atoms with van der Waals surface area (Å²) in [5.74, 6) is -0.434. The van der Waals surface area contributed by atoms with Crippen molar-refractivity contribution in [2.75, 3.05) is 6.61 Å². The van der Waals surface area contributed by atoms with Crippen molar-refractivity contribution in [3.05, 3.63) is 42.0 Å². The number of esters is 1. The molecule has 3 heteroatoms. The van der Waals surface area contributed by atoms with Gasteiger partial charge in [-0.05, 0) is 18.1 Å². The predicted octanol–water partition coefficient (Wildman–Crippen LogP) is 2.01. The minimum absolute atomic E-state index is 0.0501. The van der Waals surface area contributed by atoms with Gasteiger partial charge < -0.3 is 9.84 Å². The zero-order chi connectivity index (χ0) is 11.8. The predicted molar refractivity (Wildman–Crippen MR) is 62.7 cm³/mol. The summed E-state index contributed by atoms with van der Waals surface area (Å²) < 4.78 is 4.84. The summed E-state index contributed by atoms with van der Waals surface area (Å²) in [5, 5.41) is 9.19. The van der Waals surface area contributed by atoms with Crippen LogP contribution in [-0.2, 0) is 9.53 Å². The number of ether oxygens (including phenoxy) is 1. The molecule has 0 bridgehead atoms. The van der Waals surface area contributed by atoms with Gasteiger partial charge in [0, 0.05) is 6.08 Å². The van der Waals surface area contributed by atoms with Crippen LogP contribution in [0.3, 0.4) is 0 Å². The minimum atomic E-state index is -0.575. The van der Waals surface area contributed by atoms with Crippen LogP contribution in [0.5, 0.6) is 0 Å². The van der Waals surface area contributed by atoms with Gasteiger partial charge in [-0.2, -0.15) is 0 Å². The van der Waals surface area contributed by atoms with E-state index in [1.165, 1.54) is 6.08 Å². The van der Waals surface area contributed by atoms with Gasteiger partial charge in [0.05, 0.1) is 6.10 Å². The second kappa shape index (κ2) is 6.80. The Labute approximate surface area is 95.4 Å². The van der Waals surface area contributed by atoms with Gasteiger partial charge in [-0.1, -0.05) is 37.3 Å². The van der Waals surface area contributed by atoms with Crippen LogP contribution in [-0.4, -0.2) is 23.8 Å². The zero-order valence-electron chi connectivity index (χ0n) is 9.30. The molecule has 0 saturated heterocycles. The summed E-state index contributed by atoms with van der Waals surface area (Å²) in [6.07, 6.45) is 3.04. The first kappa shape index (κ1) is 12.5. The average molecular weight is 220 g/mol. The number of hydrogen-bond donors (Lipinski definition) is 1. The first-order chi connectivity index (χ1) is 7.72. The van der Waals surface area contributed by atoms with Crippen LogP contribution in [0.2, 0.25) is 0 Å². The summed E-state index contributed by atoms with van der Waals surface area (Å²) >= 11 is 0. The van der Waals surface area contributed by atoms with E-state index >= 15 is 0 Å². The maximum Gasteiger partial charge on any atom is 0.330 e. The van der Waals surface area contributed by atoms with Gasteiger partial charge >= 0.3 is 5.97 Å². The third-order valence-corrected chi connectivity index (χ3v) is 2.10. The van der Waals surface area contributed by atoms with Gasteiger partial charge in [0.25, 0.3) is 0 Å². The van der Waals surface area contributed by atoms with Crippen molar-refractivity contribution >= 4 is 12.0 Å². The molecule has 0 unspecified atom stereocenters. The molecule has 0 aromatic heterocycles. The van der Waals surface area contributed by atoms with Crippen LogP contribution in [0.1, 0.15) is 18.9 Å². The summed E-state index contributed by atoms with van der Waals surface area (Å²) in [4.78, 5) is 11.2. The molecule has 1 rings (SSSR count). The second-order valence-electron chi connectivity index (χ2n) is 3.44. The molecule has 1 atom stereocenters. The molecule has 0 heterocycles. The fraction of sp³-hybridized carbons (Fsp3) is 0.308. The van der Waals surface area contributed by atoms with E-state index < -0.39 is 12.1 Å². The van der Waals surface area contributed by atoms with Crippen LogP contribution in [0.15, 0.2) is 36.4 Å². The van der Waals surface area contributed by atoms with Crippen molar-refractivity contribution in [2.45, 2.75) is 19.4 Å². The number of aliphatic hydroxyl groups is 1. The molecular formula is C13H16O3. The standard InChI is InChI=1S/C13H16O3/c1-2-12(14)10-16-13(15)9-8-11-6-4-3-5-7-11/h3-9,12,14H,2,10H2,1H3/b9-8+/t12-/m1/s1. The van der Waals surface area contributed by atoms with Gasteiger partial charge in [0.1, 0.15) is 6.61 Å².